The molecule has 8 nitrogen and oxygen atoms in total. The van der Waals surface area contributed by atoms with Crippen LogP contribution in [0.2, 0.25) is 0 Å². The van der Waals surface area contributed by atoms with Crippen LogP contribution in [-0.2, 0) is 16.8 Å². The second kappa shape index (κ2) is 8.04. The van der Waals surface area contributed by atoms with Gasteiger partial charge in [0.2, 0.25) is 0 Å². The molecule has 0 N–H and O–H groups in total. The van der Waals surface area contributed by atoms with E-state index in [0.29, 0.717) is 12.4 Å². The summed E-state index contributed by atoms with van der Waals surface area (Å²) in [7, 11) is -0.364. The molecular formula is C18H28N6O2S. The smallest absolute Gasteiger partial charge is 0.263 e. The number of piperidine rings is 1. The van der Waals surface area contributed by atoms with Crippen LogP contribution >= 0.6 is 0 Å². The van der Waals surface area contributed by atoms with Crippen LogP contribution < -0.4 is 0 Å². The molecule has 9 heteroatoms. The van der Waals surface area contributed by atoms with Crippen LogP contribution in [0.4, 0.5) is 0 Å². The van der Waals surface area contributed by atoms with E-state index in [4.69, 9.17) is 0 Å². The van der Waals surface area contributed by atoms with Gasteiger partial charge in [-0.05, 0) is 38.3 Å². The molecule has 1 aliphatic heterocycles. The van der Waals surface area contributed by atoms with Gasteiger partial charge in [0, 0.05) is 33.4 Å². The Labute approximate surface area is 161 Å². The van der Waals surface area contributed by atoms with Gasteiger partial charge < -0.3 is 0 Å². The van der Waals surface area contributed by atoms with Crippen molar-refractivity contribution in [3.63, 3.8) is 0 Å². The van der Waals surface area contributed by atoms with Crippen LogP contribution in [0.1, 0.15) is 50.2 Å². The van der Waals surface area contributed by atoms with E-state index in [1.54, 1.807) is 24.6 Å². The third-order valence-electron chi connectivity index (χ3n) is 4.83. The van der Waals surface area contributed by atoms with Gasteiger partial charge in [0.1, 0.15) is 5.82 Å². The molecule has 2 aromatic heterocycles. The van der Waals surface area contributed by atoms with Gasteiger partial charge in [0.05, 0.1) is 23.1 Å². The average Bonchev–Trinajstić information content (AvgIpc) is 3.10. The summed E-state index contributed by atoms with van der Waals surface area (Å²) in [6.45, 7) is 5.28. The van der Waals surface area contributed by atoms with Gasteiger partial charge in [-0.1, -0.05) is 13.3 Å². The number of hydrogen-bond donors (Lipinski definition) is 0. The maximum Gasteiger partial charge on any atom is 0.282 e. The lowest BCUT2D eigenvalue weighted by Crippen LogP contribution is -2.44. The van der Waals surface area contributed by atoms with Crippen LogP contribution in [0.25, 0.3) is 11.4 Å². The highest BCUT2D eigenvalue weighted by Crippen LogP contribution is 2.34. The molecule has 0 aliphatic carbocycles. The first-order valence-corrected chi connectivity index (χ1v) is 10.8. The minimum atomic E-state index is -3.50. The lowest BCUT2D eigenvalue weighted by atomic mass is 10.0. The van der Waals surface area contributed by atoms with Gasteiger partial charge in [-0.15, -0.1) is 0 Å². The van der Waals surface area contributed by atoms with Gasteiger partial charge in [-0.2, -0.15) is 22.1 Å². The minimum absolute atomic E-state index is 0.269. The molecular weight excluding hydrogens is 364 g/mol. The van der Waals surface area contributed by atoms with Crippen LogP contribution in [0.5, 0.6) is 0 Å². The van der Waals surface area contributed by atoms with Crippen LogP contribution in [0.3, 0.4) is 0 Å². The van der Waals surface area contributed by atoms with E-state index in [1.165, 1.54) is 4.31 Å². The SMILES string of the molecule is CCCn1nccc1-c1cc([C@H]2CCCCN2S(=O)(=O)N(C)C)nc(C)n1. The number of rotatable bonds is 6. The molecule has 3 rings (SSSR count). The molecule has 1 aliphatic rings. The summed E-state index contributed by atoms with van der Waals surface area (Å²) in [5.74, 6) is 0.638. The second-order valence-electron chi connectivity index (χ2n) is 7.08. The lowest BCUT2D eigenvalue weighted by molar-refractivity contribution is 0.238. The van der Waals surface area contributed by atoms with Crippen LogP contribution in [0, 0.1) is 6.92 Å². The summed E-state index contributed by atoms with van der Waals surface area (Å²) in [6.07, 6.45) is 5.35. The third kappa shape index (κ3) is 4.04. The Morgan fingerprint density at radius 3 is 2.74 bits per heavy atom. The summed E-state index contributed by atoms with van der Waals surface area (Å²) in [5.41, 5.74) is 2.48. The van der Waals surface area contributed by atoms with E-state index in [1.807, 2.05) is 23.7 Å². The number of hydrogen-bond acceptors (Lipinski definition) is 5. The Balaban J connectivity index is 2.03. The highest BCUT2D eigenvalue weighted by molar-refractivity contribution is 7.86. The van der Waals surface area contributed by atoms with Gasteiger partial charge in [0.25, 0.3) is 10.2 Å². The summed E-state index contributed by atoms with van der Waals surface area (Å²) in [6, 6.07) is 3.59. The quantitative estimate of drug-likeness (QED) is 0.754. The van der Waals surface area contributed by atoms with Crippen LogP contribution in [0.15, 0.2) is 18.3 Å². The molecule has 1 saturated heterocycles. The summed E-state index contributed by atoms with van der Waals surface area (Å²) >= 11 is 0. The molecule has 0 saturated carbocycles. The van der Waals surface area contributed by atoms with Crippen molar-refractivity contribution in [2.75, 3.05) is 20.6 Å². The fraction of sp³-hybridized carbons (Fsp3) is 0.611. The third-order valence-corrected chi connectivity index (χ3v) is 6.78. The monoisotopic (exact) mass is 392 g/mol. The largest absolute Gasteiger partial charge is 0.282 e. The Hall–Kier alpha value is -1.84. The molecule has 27 heavy (non-hydrogen) atoms. The van der Waals surface area contributed by atoms with Crippen molar-refractivity contribution in [3.05, 3.63) is 29.8 Å². The topological polar surface area (TPSA) is 84.2 Å². The van der Waals surface area contributed by atoms with Crippen molar-refractivity contribution in [1.82, 2.24) is 28.4 Å². The van der Waals surface area contributed by atoms with E-state index in [9.17, 15) is 8.42 Å². The fourth-order valence-corrected chi connectivity index (χ4v) is 4.83. The van der Waals surface area contributed by atoms with Crippen molar-refractivity contribution in [3.8, 4) is 11.4 Å². The van der Waals surface area contributed by atoms with Crippen molar-refractivity contribution in [2.45, 2.75) is 52.1 Å². The highest BCUT2D eigenvalue weighted by Gasteiger charge is 2.35. The Morgan fingerprint density at radius 1 is 1.26 bits per heavy atom. The first-order valence-electron chi connectivity index (χ1n) is 9.41. The minimum Gasteiger partial charge on any atom is -0.263 e. The van der Waals surface area contributed by atoms with Gasteiger partial charge in [-0.25, -0.2) is 9.97 Å². The first kappa shape index (κ1) is 19.9. The zero-order chi connectivity index (χ0) is 19.6. The second-order valence-corrected chi connectivity index (χ2v) is 9.17. The number of aryl methyl sites for hydroxylation is 2. The van der Waals surface area contributed by atoms with Crippen molar-refractivity contribution in [2.24, 2.45) is 0 Å². The van der Waals surface area contributed by atoms with E-state index in [-0.39, 0.29) is 6.04 Å². The lowest BCUT2D eigenvalue weighted by Gasteiger charge is -2.36. The first-order chi connectivity index (χ1) is 12.8. The van der Waals surface area contributed by atoms with Crippen molar-refractivity contribution in [1.29, 1.82) is 0 Å². The summed E-state index contributed by atoms with van der Waals surface area (Å²) < 4.78 is 30.4. The Kier molecular flexibility index (Phi) is 5.92. The predicted octanol–water partition coefficient (Wildman–Crippen LogP) is 2.39. The molecule has 0 bridgehead atoms. The van der Waals surface area contributed by atoms with Crippen molar-refractivity contribution < 1.29 is 8.42 Å². The van der Waals surface area contributed by atoms with E-state index in [0.717, 1.165) is 49.3 Å². The normalized spacial score (nSPS) is 18.9. The fourth-order valence-electron chi connectivity index (χ4n) is 3.52. The number of aromatic nitrogens is 4. The zero-order valence-electron chi connectivity index (χ0n) is 16.5. The predicted molar refractivity (Wildman–Crippen MR) is 104 cm³/mol. The molecule has 0 aromatic carbocycles. The van der Waals surface area contributed by atoms with Crippen molar-refractivity contribution >= 4 is 10.2 Å². The van der Waals surface area contributed by atoms with Crippen LogP contribution in [-0.4, -0.2) is 57.4 Å². The Morgan fingerprint density at radius 2 is 2.04 bits per heavy atom. The van der Waals surface area contributed by atoms with E-state index >= 15 is 0 Å². The standard InChI is InChI=1S/C18H28N6O2S/c1-5-11-23-17(9-10-19-23)15-13-16(21-14(2)20-15)18-8-6-7-12-24(18)27(25,26)22(3)4/h9-10,13,18H,5-8,11-12H2,1-4H3/t18-/m1/s1. The Bertz CT molecular complexity index is 893. The van der Waals surface area contributed by atoms with Gasteiger partial charge >= 0.3 is 0 Å². The summed E-state index contributed by atoms with van der Waals surface area (Å²) in [4.78, 5) is 9.19. The number of nitrogens with zero attached hydrogens (tertiary/aromatic N) is 6. The molecule has 2 aromatic rings. The summed E-state index contributed by atoms with van der Waals surface area (Å²) in [5, 5.41) is 4.37. The molecule has 0 spiro atoms. The highest BCUT2D eigenvalue weighted by atomic mass is 32.2. The van der Waals surface area contributed by atoms with E-state index < -0.39 is 10.2 Å². The maximum absolute atomic E-state index is 12.8. The molecule has 1 atom stereocenters. The van der Waals surface area contributed by atoms with Gasteiger partial charge in [-0.3, -0.25) is 4.68 Å². The molecule has 0 unspecified atom stereocenters. The van der Waals surface area contributed by atoms with Gasteiger partial charge in [0.15, 0.2) is 0 Å². The molecule has 1 fully saturated rings. The average molecular weight is 393 g/mol. The maximum atomic E-state index is 12.8. The molecule has 0 amide bonds. The molecule has 148 valence electrons. The van der Waals surface area contributed by atoms with E-state index in [2.05, 4.69) is 22.0 Å². The zero-order valence-corrected chi connectivity index (χ0v) is 17.3. The molecule has 3 heterocycles. The molecule has 0 radical (unpaired) electrons.